The summed E-state index contributed by atoms with van der Waals surface area (Å²) >= 11 is 0. The van der Waals surface area contributed by atoms with E-state index < -0.39 is 58.8 Å². The molecule has 0 bridgehead atoms. The number of fused-ring (bicyclic) bond motifs is 1. The van der Waals surface area contributed by atoms with Gasteiger partial charge in [0.05, 0.1) is 35.3 Å². The predicted octanol–water partition coefficient (Wildman–Crippen LogP) is 2.58. The van der Waals surface area contributed by atoms with Gasteiger partial charge in [-0.15, -0.1) is 0 Å². The number of alkyl halides is 3. The van der Waals surface area contributed by atoms with Crippen LogP contribution in [0, 0.1) is 17.5 Å². The van der Waals surface area contributed by atoms with Crippen molar-refractivity contribution in [2.45, 2.75) is 25.2 Å². The molecule has 3 aromatic rings. The SMILES string of the molecule is CNc1cnc(OC2C=c3c(=O)ncn(Cc4c(F)cc(F)cc4F)c3=CC2)c(C(F)(F)F)c1. The van der Waals surface area contributed by atoms with E-state index in [9.17, 15) is 31.1 Å². The molecule has 0 saturated carbocycles. The zero-order chi connectivity index (χ0) is 24.6. The van der Waals surface area contributed by atoms with Crippen molar-refractivity contribution < 1.29 is 31.1 Å². The third-order valence-electron chi connectivity index (χ3n) is 5.17. The lowest BCUT2D eigenvalue weighted by Gasteiger charge is -2.20. The molecule has 1 aromatic carbocycles. The minimum Gasteiger partial charge on any atom is -0.469 e. The van der Waals surface area contributed by atoms with E-state index in [4.69, 9.17) is 4.74 Å². The normalized spacial score (nSPS) is 15.2. The molecule has 4 rings (SSSR count). The lowest BCUT2D eigenvalue weighted by molar-refractivity contribution is -0.139. The summed E-state index contributed by atoms with van der Waals surface area (Å²) in [5.74, 6) is -3.96. The smallest absolute Gasteiger partial charge is 0.421 e. The molecule has 0 radical (unpaired) electrons. The molecule has 1 unspecified atom stereocenters. The molecule has 0 amide bonds. The van der Waals surface area contributed by atoms with Gasteiger partial charge in [-0.2, -0.15) is 18.2 Å². The Morgan fingerprint density at radius 3 is 2.50 bits per heavy atom. The van der Waals surface area contributed by atoms with Gasteiger partial charge in [0.1, 0.15) is 29.1 Å². The van der Waals surface area contributed by atoms with Crippen LogP contribution in [0.4, 0.5) is 32.0 Å². The first kappa shape index (κ1) is 23.3. The fourth-order valence-electron chi connectivity index (χ4n) is 3.51. The molecule has 1 atom stereocenters. The Morgan fingerprint density at radius 1 is 1.15 bits per heavy atom. The maximum Gasteiger partial charge on any atom is 0.421 e. The van der Waals surface area contributed by atoms with Gasteiger partial charge < -0.3 is 14.6 Å². The molecule has 2 aromatic heterocycles. The van der Waals surface area contributed by atoms with E-state index in [0.29, 0.717) is 12.1 Å². The van der Waals surface area contributed by atoms with Crippen LogP contribution in [0.3, 0.4) is 0 Å². The van der Waals surface area contributed by atoms with Gasteiger partial charge in [0.25, 0.3) is 5.56 Å². The Bertz CT molecular complexity index is 1410. The molecular weight excluding hydrogens is 466 g/mol. The third-order valence-corrected chi connectivity index (χ3v) is 5.17. The number of nitrogens with zero attached hydrogens (tertiary/aromatic N) is 3. The van der Waals surface area contributed by atoms with Crippen LogP contribution in [0.2, 0.25) is 0 Å². The van der Waals surface area contributed by atoms with E-state index in [2.05, 4.69) is 15.3 Å². The summed E-state index contributed by atoms with van der Waals surface area (Å²) in [6.07, 6.45) is -0.656. The number of pyridine rings is 1. The number of halogens is 6. The van der Waals surface area contributed by atoms with Gasteiger partial charge in [-0.05, 0) is 12.1 Å². The van der Waals surface area contributed by atoms with Gasteiger partial charge in [-0.25, -0.2) is 18.2 Å². The van der Waals surface area contributed by atoms with E-state index in [1.54, 1.807) is 0 Å². The molecule has 178 valence electrons. The summed E-state index contributed by atoms with van der Waals surface area (Å²) in [6.45, 7) is -0.394. The van der Waals surface area contributed by atoms with Crippen molar-refractivity contribution in [1.29, 1.82) is 0 Å². The van der Waals surface area contributed by atoms with Crippen LogP contribution in [-0.4, -0.2) is 27.7 Å². The largest absolute Gasteiger partial charge is 0.469 e. The van der Waals surface area contributed by atoms with Crippen LogP contribution in [0.25, 0.3) is 12.2 Å². The fourth-order valence-corrected chi connectivity index (χ4v) is 3.51. The van der Waals surface area contributed by atoms with Crippen molar-refractivity contribution in [2.75, 3.05) is 12.4 Å². The van der Waals surface area contributed by atoms with E-state index >= 15 is 0 Å². The number of ether oxygens (including phenoxy) is 1. The molecule has 1 aliphatic rings. The summed E-state index contributed by atoms with van der Waals surface area (Å²) in [5.41, 5.74) is -2.10. The van der Waals surface area contributed by atoms with Gasteiger partial charge in [0.2, 0.25) is 5.88 Å². The molecule has 0 saturated heterocycles. The molecule has 0 aliphatic heterocycles. The van der Waals surface area contributed by atoms with Crippen molar-refractivity contribution in [2.24, 2.45) is 0 Å². The van der Waals surface area contributed by atoms with Crippen LogP contribution in [0.5, 0.6) is 5.88 Å². The van der Waals surface area contributed by atoms with Gasteiger partial charge in [-0.3, -0.25) is 4.79 Å². The molecular formula is C22H16F6N4O2. The van der Waals surface area contributed by atoms with Crippen LogP contribution < -0.4 is 26.2 Å². The van der Waals surface area contributed by atoms with Crippen molar-refractivity contribution in [3.63, 3.8) is 0 Å². The molecule has 0 spiro atoms. The van der Waals surface area contributed by atoms with Crippen molar-refractivity contribution in [3.8, 4) is 5.88 Å². The monoisotopic (exact) mass is 482 g/mol. The first-order valence-corrected chi connectivity index (χ1v) is 9.89. The number of nitrogens with one attached hydrogen (secondary N) is 1. The Kier molecular flexibility index (Phi) is 6.07. The van der Waals surface area contributed by atoms with E-state index in [1.807, 2.05) is 0 Å². The Balaban J connectivity index is 1.71. The highest BCUT2D eigenvalue weighted by atomic mass is 19.4. The van der Waals surface area contributed by atoms with Crippen molar-refractivity contribution in [3.05, 3.63) is 80.2 Å². The topological polar surface area (TPSA) is 69.0 Å². The quantitative estimate of drug-likeness (QED) is 0.567. The maximum atomic E-state index is 14.1. The molecule has 1 aliphatic carbocycles. The second-order valence-electron chi connectivity index (χ2n) is 7.41. The molecule has 1 N–H and O–H groups in total. The summed E-state index contributed by atoms with van der Waals surface area (Å²) < 4.78 is 88.5. The Hall–Kier alpha value is -3.83. The highest BCUT2D eigenvalue weighted by Gasteiger charge is 2.36. The highest BCUT2D eigenvalue weighted by Crippen LogP contribution is 2.37. The number of aromatic nitrogens is 3. The lowest BCUT2D eigenvalue weighted by Crippen LogP contribution is -2.49. The molecule has 12 heteroatoms. The molecule has 6 nitrogen and oxygen atoms in total. The molecule has 0 fully saturated rings. The van der Waals surface area contributed by atoms with Crippen molar-refractivity contribution >= 4 is 17.8 Å². The first-order chi connectivity index (χ1) is 16.1. The zero-order valence-electron chi connectivity index (χ0n) is 17.5. The second-order valence-corrected chi connectivity index (χ2v) is 7.41. The number of hydrogen-bond donors (Lipinski definition) is 1. The Labute approximate surface area is 187 Å². The van der Waals surface area contributed by atoms with Crippen molar-refractivity contribution in [1.82, 2.24) is 14.5 Å². The summed E-state index contributed by atoms with van der Waals surface area (Å²) in [4.78, 5) is 19.7. The van der Waals surface area contributed by atoms with Crippen LogP contribution >= 0.6 is 0 Å². The molecule has 34 heavy (non-hydrogen) atoms. The van der Waals surface area contributed by atoms with E-state index in [1.165, 1.54) is 30.0 Å². The average Bonchev–Trinajstić information content (AvgIpc) is 2.77. The van der Waals surface area contributed by atoms with E-state index in [0.717, 1.165) is 12.4 Å². The summed E-state index contributed by atoms with van der Waals surface area (Å²) in [5, 5.41) is 2.81. The Morgan fingerprint density at radius 2 is 1.85 bits per heavy atom. The fraction of sp³-hybridized carbons (Fsp3) is 0.227. The van der Waals surface area contributed by atoms with Crippen LogP contribution in [0.15, 0.2) is 35.5 Å². The minimum absolute atomic E-state index is 0.0120. The molecule has 2 heterocycles. The number of hydrogen-bond acceptors (Lipinski definition) is 5. The zero-order valence-corrected chi connectivity index (χ0v) is 17.5. The highest BCUT2D eigenvalue weighted by molar-refractivity contribution is 5.48. The number of anilines is 1. The van der Waals surface area contributed by atoms with E-state index in [-0.39, 0.29) is 22.7 Å². The van der Waals surface area contributed by atoms with Gasteiger partial charge in [-0.1, -0.05) is 6.08 Å². The maximum absolute atomic E-state index is 14.1. The average molecular weight is 482 g/mol. The van der Waals surface area contributed by atoms with Crippen LogP contribution in [0.1, 0.15) is 17.5 Å². The van der Waals surface area contributed by atoms with Gasteiger partial charge in [0.15, 0.2) is 0 Å². The first-order valence-electron chi connectivity index (χ1n) is 9.89. The summed E-state index contributed by atoms with van der Waals surface area (Å²) in [7, 11) is 1.44. The number of benzene rings is 1. The lowest BCUT2D eigenvalue weighted by atomic mass is 10.1. The minimum atomic E-state index is -4.73. The third kappa shape index (κ3) is 4.61. The van der Waals surface area contributed by atoms with Crippen LogP contribution in [-0.2, 0) is 12.7 Å². The van der Waals surface area contributed by atoms with Gasteiger partial charge >= 0.3 is 6.18 Å². The number of rotatable bonds is 5. The predicted molar refractivity (Wildman–Crippen MR) is 110 cm³/mol. The van der Waals surface area contributed by atoms with Gasteiger partial charge in [0, 0.05) is 31.2 Å². The second kappa shape index (κ2) is 8.84. The summed E-state index contributed by atoms with van der Waals surface area (Å²) in [6, 6.07) is 1.92. The standard InChI is InChI=1S/C22H16F6N4O2/c1-29-12-6-16(22(26,27)28)21(30-8-12)34-13-2-3-19-14(7-13)20(33)31-10-32(19)9-15-17(24)4-11(23)5-18(15)25/h3-8,10,13,29H,2,9H2,1H3.